The number of benzene rings is 2. The summed E-state index contributed by atoms with van der Waals surface area (Å²) in [5.41, 5.74) is 0.208. The lowest BCUT2D eigenvalue weighted by molar-refractivity contribution is -0.153. The maximum atomic E-state index is 13.6. The Morgan fingerprint density at radius 3 is 2.21 bits per heavy atom. The summed E-state index contributed by atoms with van der Waals surface area (Å²) in [6.45, 7) is 1.28. The van der Waals surface area contributed by atoms with Gasteiger partial charge in [-0.1, -0.05) is 0 Å². The van der Waals surface area contributed by atoms with Gasteiger partial charge in [-0.3, -0.25) is 9.59 Å². The monoisotopic (exact) mass is 411 g/mol. The Labute approximate surface area is 165 Å². The largest absolute Gasteiger partial charge is 0.497 e. The summed E-state index contributed by atoms with van der Waals surface area (Å²) in [6, 6.07) is 6.70. The van der Waals surface area contributed by atoms with Crippen molar-refractivity contribution in [2.24, 2.45) is 0 Å². The van der Waals surface area contributed by atoms with E-state index < -0.39 is 41.1 Å². The predicted octanol–water partition coefficient (Wildman–Crippen LogP) is 3.62. The molecule has 1 amide bonds. The number of rotatable bonds is 8. The Morgan fingerprint density at radius 2 is 1.62 bits per heavy atom. The highest BCUT2D eigenvalue weighted by Gasteiger charge is 2.21. The Hall–Kier alpha value is -3.23. The summed E-state index contributed by atoms with van der Waals surface area (Å²) >= 11 is 0. The lowest BCUT2D eigenvalue weighted by Crippen LogP contribution is -2.30. The molecule has 9 heteroatoms. The molecule has 29 heavy (non-hydrogen) atoms. The van der Waals surface area contributed by atoms with Crippen LogP contribution in [0.4, 0.5) is 18.9 Å². The van der Waals surface area contributed by atoms with Gasteiger partial charge in [0.25, 0.3) is 5.91 Å². The van der Waals surface area contributed by atoms with E-state index in [0.29, 0.717) is 24.0 Å². The van der Waals surface area contributed by atoms with Crippen molar-refractivity contribution in [2.45, 2.75) is 25.9 Å². The van der Waals surface area contributed by atoms with Crippen LogP contribution in [0.2, 0.25) is 0 Å². The van der Waals surface area contributed by atoms with Crippen LogP contribution in [0.3, 0.4) is 0 Å². The van der Waals surface area contributed by atoms with Crippen LogP contribution in [0, 0.1) is 17.5 Å². The fraction of sp³-hybridized carbons (Fsp3) is 0.300. The second kappa shape index (κ2) is 9.81. The standard InChI is InChI=1S/C20H20F3NO5/c1-11(20(26)24-16-6-5-15(21)18(22)19(16)23)29-17(25)7-4-12-8-13(27-2)10-14(9-12)28-3/h5-6,8-11H,4,7H2,1-3H3,(H,24,26)/t11-/m0/s1. The molecule has 2 aromatic rings. The highest BCUT2D eigenvalue weighted by molar-refractivity contribution is 5.95. The smallest absolute Gasteiger partial charge is 0.306 e. The van der Waals surface area contributed by atoms with Crippen molar-refractivity contribution in [1.29, 1.82) is 0 Å². The number of nitrogens with one attached hydrogen (secondary N) is 1. The van der Waals surface area contributed by atoms with E-state index in [4.69, 9.17) is 14.2 Å². The van der Waals surface area contributed by atoms with Crippen LogP contribution in [0.1, 0.15) is 18.9 Å². The molecule has 2 rings (SSSR count). The molecule has 0 unspecified atom stereocenters. The number of carbonyl (C=O) groups excluding carboxylic acids is 2. The minimum atomic E-state index is -1.71. The number of amides is 1. The van der Waals surface area contributed by atoms with Gasteiger partial charge in [-0.05, 0) is 43.2 Å². The second-order valence-corrected chi connectivity index (χ2v) is 6.07. The minimum Gasteiger partial charge on any atom is -0.497 e. The highest BCUT2D eigenvalue weighted by atomic mass is 19.2. The Balaban J connectivity index is 1.92. The molecule has 0 bridgehead atoms. The number of methoxy groups -OCH3 is 2. The molecule has 1 atom stereocenters. The molecule has 6 nitrogen and oxygen atoms in total. The van der Waals surface area contributed by atoms with Gasteiger partial charge in [-0.25, -0.2) is 13.2 Å². The topological polar surface area (TPSA) is 73.9 Å². The zero-order valence-electron chi connectivity index (χ0n) is 16.1. The van der Waals surface area contributed by atoms with Crippen molar-refractivity contribution in [3.63, 3.8) is 0 Å². The van der Waals surface area contributed by atoms with Gasteiger partial charge in [-0.2, -0.15) is 0 Å². The van der Waals surface area contributed by atoms with Crippen molar-refractivity contribution in [3.8, 4) is 11.5 Å². The van der Waals surface area contributed by atoms with Crippen LogP contribution in [0.5, 0.6) is 11.5 Å². The normalized spacial score (nSPS) is 11.5. The number of hydrogen-bond donors (Lipinski definition) is 1. The summed E-state index contributed by atoms with van der Waals surface area (Å²) in [5.74, 6) is -5.05. The number of anilines is 1. The van der Waals surface area contributed by atoms with Gasteiger partial charge >= 0.3 is 5.97 Å². The molecule has 0 radical (unpaired) electrons. The number of halogens is 3. The maximum Gasteiger partial charge on any atom is 0.306 e. The Bertz CT molecular complexity index is 882. The van der Waals surface area contributed by atoms with Crippen molar-refractivity contribution >= 4 is 17.6 Å². The Morgan fingerprint density at radius 1 is 1.00 bits per heavy atom. The van der Waals surface area contributed by atoms with Gasteiger partial charge in [-0.15, -0.1) is 0 Å². The molecule has 0 saturated carbocycles. The molecule has 0 spiro atoms. The van der Waals surface area contributed by atoms with E-state index in [-0.39, 0.29) is 6.42 Å². The van der Waals surface area contributed by atoms with E-state index in [1.807, 2.05) is 0 Å². The van der Waals surface area contributed by atoms with Crippen LogP contribution < -0.4 is 14.8 Å². The third-order valence-electron chi connectivity index (χ3n) is 4.00. The molecule has 0 aliphatic carbocycles. The first kappa shape index (κ1) is 22.1. The summed E-state index contributed by atoms with van der Waals surface area (Å²) in [6.07, 6.45) is -0.999. The van der Waals surface area contributed by atoms with Gasteiger partial charge in [0, 0.05) is 12.5 Å². The van der Waals surface area contributed by atoms with Crippen molar-refractivity contribution in [2.75, 3.05) is 19.5 Å². The van der Waals surface area contributed by atoms with Crippen LogP contribution >= 0.6 is 0 Å². The average molecular weight is 411 g/mol. The maximum absolute atomic E-state index is 13.6. The molecule has 2 aromatic carbocycles. The number of aryl methyl sites for hydroxylation is 1. The molecule has 0 aliphatic rings. The number of hydrogen-bond acceptors (Lipinski definition) is 5. The van der Waals surface area contributed by atoms with Gasteiger partial charge in [0.05, 0.1) is 19.9 Å². The molecule has 0 aliphatic heterocycles. The number of carbonyl (C=O) groups is 2. The van der Waals surface area contributed by atoms with Crippen LogP contribution in [0.25, 0.3) is 0 Å². The van der Waals surface area contributed by atoms with Gasteiger partial charge in [0.15, 0.2) is 23.6 Å². The van der Waals surface area contributed by atoms with E-state index in [1.54, 1.807) is 18.2 Å². The Kier molecular flexibility index (Phi) is 7.46. The summed E-state index contributed by atoms with van der Waals surface area (Å²) in [7, 11) is 3.01. The zero-order valence-corrected chi connectivity index (χ0v) is 16.1. The van der Waals surface area contributed by atoms with E-state index >= 15 is 0 Å². The molecule has 0 saturated heterocycles. The average Bonchev–Trinajstić information content (AvgIpc) is 2.72. The number of esters is 1. The lowest BCUT2D eigenvalue weighted by Gasteiger charge is -2.14. The zero-order chi connectivity index (χ0) is 21.6. The van der Waals surface area contributed by atoms with Crippen molar-refractivity contribution in [3.05, 3.63) is 53.3 Å². The first-order valence-corrected chi connectivity index (χ1v) is 8.61. The van der Waals surface area contributed by atoms with E-state index in [0.717, 1.165) is 11.6 Å². The van der Waals surface area contributed by atoms with Crippen molar-refractivity contribution < 1.29 is 37.0 Å². The molecule has 0 aromatic heterocycles. The molecular weight excluding hydrogens is 391 g/mol. The highest BCUT2D eigenvalue weighted by Crippen LogP contribution is 2.23. The third kappa shape index (κ3) is 5.87. The van der Waals surface area contributed by atoms with Crippen LogP contribution in [-0.4, -0.2) is 32.2 Å². The number of ether oxygens (including phenoxy) is 3. The van der Waals surface area contributed by atoms with Crippen molar-refractivity contribution in [1.82, 2.24) is 0 Å². The van der Waals surface area contributed by atoms with Gasteiger partial charge < -0.3 is 19.5 Å². The second-order valence-electron chi connectivity index (χ2n) is 6.07. The van der Waals surface area contributed by atoms with Gasteiger partial charge in [0.2, 0.25) is 0 Å². The lowest BCUT2D eigenvalue weighted by atomic mass is 10.1. The summed E-state index contributed by atoms with van der Waals surface area (Å²) in [4.78, 5) is 24.0. The minimum absolute atomic E-state index is 0.0342. The molecule has 156 valence electrons. The predicted molar refractivity (Wildman–Crippen MR) is 98.4 cm³/mol. The fourth-order valence-electron chi connectivity index (χ4n) is 2.42. The molecule has 0 fully saturated rings. The summed E-state index contributed by atoms with van der Waals surface area (Å²) < 4.78 is 55.1. The molecule has 0 heterocycles. The molecule has 1 N–H and O–H groups in total. The van der Waals surface area contributed by atoms with E-state index in [9.17, 15) is 22.8 Å². The quantitative estimate of drug-likeness (QED) is 0.531. The van der Waals surface area contributed by atoms with Crippen LogP contribution in [0.15, 0.2) is 30.3 Å². The first-order chi connectivity index (χ1) is 13.7. The summed E-state index contributed by atoms with van der Waals surface area (Å²) in [5, 5.41) is 2.06. The van der Waals surface area contributed by atoms with Gasteiger partial charge in [0.1, 0.15) is 11.5 Å². The first-order valence-electron chi connectivity index (χ1n) is 8.61. The van der Waals surface area contributed by atoms with Crippen LogP contribution in [-0.2, 0) is 20.7 Å². The van der Waals surface area contributed by atoms with E-state index in [1.165, 1.54) is 21.1 Å². The molecular formula is C20H20F3NO5. The fourth-order valence-corrected chi connectivity index (χ4v) is 2.42. The third-order valence-corrected chi connectivity index (χ3v) is 4.00. The SMILES string of the molecule is COc1cc(CCC(=O)O[C@@H](C)C(=O)Nc2ccc(F)c(F)c2F)cc(OC)c1. The van der Waals surface area contributed by atoms with E-state index in [2.05, 4.69) is 5.32 Å².